The van der Waals surface area contributed by atoms with Crippen LogP contribution in [0.5, 0.6) is 11.8 Å². The number of pyridine rings is 1. The zero-order valence-corrected chi connectivity index (χ0v) is 20.9. The number of hydrogen-bond donors (Lipinski definition) is 1. The third-order valence-electron chi connectivity index (χ3n) is 5.37. The molecule has 0 saturated carbocycles. The van der Waals surface area contributed by atoms with Crippen LogP contribution in [0.3, 0.4) is 0 Å². The van der Waals surface area contributed by atoms with Gasteiger partial charge in [-0.1, -0.05) is 6.92 Å². The van der Waals surface area contributed by atoms with Crippen molar-refractivity contribution in [3.63, 3.8) is 0 Å². The second-order valence-electron chi connectivity index (χ2n) is 7.56. The van der Waals surface area contributed by atoms with Crippen molar-refractivity contribution >= 4 is 16.9 Å². The molecule has 0 aromatic carbocycles. The molecule has 13 heteroatoms. The molecule has 0 radical (unpaired) electrons. The van der Waals surface area contributed by atoms with Gasteiger partial charge in [-0.25, -0.2) is 4.21 Å². The van der Waals surface area contributed by atoms with Gasteiger partial charge in [0.2, 0.25) is 17.7 Å². The molecule has 0 spiro atoms. The van der Waals surface area contributed by atoms with E-state index in [0.29, 0.717) is 11.3 Å². The van der Waals surface area contributed by atoms with Gasteiger partial charge in [0.15, 0.2) is 5.69 Å². The summed E-state index contributed by atoms with van der Waals surface area (Å²) < 4.78 is 32.9. The summed E-state index contributed by atoms with van der Waals surface area (Å²) >= 11 is 0. The zero-order chi connectivity index (χ0) is 25.2. The SMILES string of the molecule is C1CCOC1.COc1ncnc(OC)c1-n1cnnc1NS(=O)C(C)C(C)c1ccc(C#N)cn1. The van der Waals surface area contributed by atoms with Crippen molar-refractivity contribution in [1.82, 2.24) is 29.7 Å². The molecular formula is C22H28N8O4S. The Labute approximate surface area is 206 Å². The van der Waals surface area contributed by atoms with Gasteiger partial charge in [0.25, 0.3) is 0 Å². The van der Waals surface area contributed by atoms with Crippen LogP contribution in [0.1, 0.15) is 43.9 Å². The first kappa shape index (κ1) is 26.0. The Morgan fingerprint density at radius 2 is 1.83 bits per heavy atom. The lowest BCUT2D eigenvalue weighted by atomic mass is 10.0. The van der Waals surface area contributed by atoms with Crippen LogP contribution < -0.4 is 14.2 Å². The highest BCUT2D eigenvalue weighted by Gasteiger charge is 2.25. The third kappa shape index (κ3) is 6.49. The predicted molar refractivity (Wildman–Crippen MR) is 129 cm³/mol. The molecule has 1 N–H and O–H groups in total. The summed E-state index contributed by atoms with van der Waals surface area (Å²) in [5, 5.41) is 16.5. The molecule has 0 aliphatic carbocycles. The number of hydrogen-bond acceptors (Lipinski definition) is 10. The Hall–Kier alpha value is -3.63. The molecule has 0 bridgehead atoms. The number of nitrogens with zero attached hydrogens (tertiary/aromatic N) is 7. The van der Waals surface area contributed by atoms with Crippen LogP contribution in [0.15, 0.2) is 31.0 Å². The number of ether oxygens (including phenoxy) is 3. The minimum absolute atomic E-state index is 0.147. The summed E-state index contributed by atoms with van der Waals surface area (Å²) in [6, 6.07) is 5.48. The number of aromatic nitrogens is 6. The van der Waals surface area contributed by atoms with Crippen molar-refractivity contribution in [3.8, 4) is 23.5 Å². The van der Waals surface area contributed by atoms with Crippen LogP contribution >= 0.6 is 0 Å². The van der Waals surface area contributed by atoms with Gasteiger partial charge in [0.05, 0.1) is 25.0 Å². The Bertz CT molecular complexity index is 1130. The molecule has 3 aromatic heterocycles. The molecule has 1 saturated heterocycles. The van der Waals surface area contributed by atoms with E-state index in [1.807, 2.05) is 19.9 Å². The molecule has 4 rings (SSSR count). The van der Waals surface area contributed by atoms with Crippen LogP contribution in [0, 0.1) is 11.3 Å². The molecule has 0 amide bonds. The van der Waals surface area contributed by atoms with Gasteiger partial charge in [-0.3, -0.25) is 14.3 Å². The van der Waals surface area contributed by atoms with Crippen molar-refractivity contribution in [2.75, 3.05) is 32.2 Å². The maximum absolute atomic E-state index is 13.0. The minimum atomic E-state index is -1.53. The Morgan fingerprint density at radius 1 is 1.14 bits per heavy atom. The molecule has 1 aliphatic rings. The number of anilines is 1. The number of methoxy groups -OCH3 is 2. The van der Waals surface area contributed by atoms with E-state index < -0.39 is 11.0 Å². The largest absolute Gasteiger partial charge is 0.479 e. The number of rotatable bonds is 8. The highest BCUT2D eigenvalue weighted by Crippen LogP contribution is 2.30. The lowest BCUT2D eigenvalue weighted by Gasteiger charge is -2.20. The first-order valence-corrected chi connectivity index (χ1v) is 12.2. The van der Waals surface area contributed by atoms with Gasteiger partial charge in [-0.05, 0) is 31.9 Å². The van der Waals surface area contributed by atoms with E-state index in [-0.39, 0.29) is 28.9 Å². The van der Waals surface area contributed by atoms with Crippen molar-refractivity contribution in [3.05, 3.63) is 42.2 Å². The second-order valence-corrected chi connectivity index (χ2v) is 9.10. The highest BCUT2D eigenvalue weighted by atomic mass is 32.2. The quantitative estimate of drug-likeness (QED) is 0.488. The van der Waals surface area contributed by atoms with E-state index in [1.165, 1.54) is 50.5 Å². The molecule has 186 valence electrons. The summed E-state index contributed by atoms with van der Waals surface area (Å²) in [6.07, 6.45) is 6.78. The minimum Gasteiger partial charge on any atom is -0.479 e. The summed E-state index contributed by atoms with van der Waals surface area (Å²) in [5.41, 5.74) is 1.58. The molecule has 3 aromatic rings. The van der Waals surface area contributed by atoms with Crippen LogP contribution in [0.4, 0.5) is 5.95 Å². The normalized spacial score (nSPS) is 15.2. The molecule has 1 fully saturated rings. The number of nitriles is 1. The van der Waals surface area contributed by atoms with E-state index in [2.05, 4.69) is 29.9 Å². The second kappa shape index (κ2) is 12.7. The smallest absolute Gasteiger partial charge is 0.245 e. The van der Waals surface area contributed by atoms with Crippen molar-refractivity contribution in [1.29, 1.82) is 5.26 Å². The monoisotopic (exact) mass is 500 g/mol. The molecule has 1 aliphatic heterocycles. The Kier molecular flexibility index (Phi) is 9.45. The standard InChI is InChI=1S/C18H20N8O3S.C4H8O/c1-11(14-6-5-13(7-19)8-20-14)12(2)30(27)25-18-24-23-10-26(18)15-16(28-3)21-9-22-17(15)29-4;1-2-4-5-3-1/h5-6,8-12H,1-4H3,(H,24,25);1-4H2. The molecule has 35 heavy (non-hydrogen) atoms. The molecular weight excluding hydrogens is 472 g/mol. The Morgan fingerprint density at radius 3 is 2.34 bits per heavy atom. The van der Waals surface area contributed by atoms with Gasteiger partial charge >= 0.3 is 0 Å². The van der Waals surface area contributed by atoms with Crippen molar-refractivity contribution in [2.45, 2.75) is 37.9 Å². The fourth-order valence-electron chi connectivity index (χ4n) is 3.18. The predicted octanol–water partition coefficient (Wildman–Crippen LogP) is 2.41. The maximum Gasteiger partial charge on any atom is 0.245 e. The molecule has 12 nitrogen and oxygen atoms in total. The van der Waals surface area contributed by atoms with Gasteiger partial charge in [-0.2, -0.15) is 15.2 Å². The lowest BCUT2D eigenvalue weighted by Crippen LogP contribution is -2.25. The van der Waals surface area contributed by atoms with Crippen LogP contribution in [-0.4, -0.2) is 66.6 Å². The van der Waals surface area contributed by atoms with Crippen LogP contribution in [-0.2, 0) is 15.7 Å². The zero-order valence-electron chi connectivity index (χ0n) is 20.0. The van der Waals surface area contributed by atoms with Gasteiger partial charge in [0.1, 0.15) is 29.7 Å². The van der Waals surface area contributed by atoms with Crippen LogP contribution in [0.25, 0.3) is 5.69 Å². The fraction of sp³-hybridized carbons (Fsp3) is 0.455. The molecule has 3 atom stereocenters. The average Bonchev–Trinajstić information content (AvgIpc) is 3.63. The van der Waals surface area contributed by atoms with Crippen molar-refractivity contribution < 1.29 is 18.4 Å². The van der Waals surface area contributed by atoms with Gasteiger partial charge < -0.3 is 14.2 Å². The summed E-state index contributed by atoms with van der Waals surface area (Å²) in [7, 11) is 1.40. The van der Waals surface area contributed by atoms with E-state index >= 15 is 0 Å². The van der Waals surface area contributed by atoms with E-state index in [4.69, 9.17) is 19.5 Å². The topological polar surface area (TPSA) is 150 Å². The van der Waals surface area contributed by atoms with E-state index in [9.17, 15) is 4.21 Å². The van der Waals surface area contributed by atoms with Gasteiger partial charge in [-0.15, -0.1) is 10.2 Å². The highest BCUT2D eigenvalue weighted by molar-refractivity contribution is 7.87. The summed E-state index contributed by atoms with van der Waals surface area (Å²) in [4.78, 5) is 12.4. The first-order valence-electron chi connectivity index (χ1n) is 10.9. The van der Waals surface area contributed by atoms with Crippen LogP contribution in [0.2, 0.25) is 0 Å². The summed E-state index contributed by atoms with van der Waals surface area (Å²) in [6.45, 7) is 5.75. The van der Waals surface area contributed by atoms with Crippen molar-refractivity contribution in [2.24, 2.45) is 0 Å². The average molecular weight is 501 g/mol. The van der Waals surface area contributed by atoms with E-state index in [0.717, 1.165) is 18.9 Å². The molecule has 3 unspecified atom stereocenters. The summed E-state index contributed by atoms with van der Waals surface area (Å²) in [5.74, 6) is 0.565. The maximum atomic E-state index is 13.0. The lowest BCUT2D eigenvalue weighted by molar-refractivity contribution is 0.198. The Balaban J connectivity index is 0.000000607. The fourth-order valence-corrected chi connectivity index (χ4v) is 4.20. The third-order valence-corrected chi connectivity index (χ3v) is 6.84. The van der Waals surface area contributed by atoms with Gasteiger partial charge in [0, 0.05) is 31.0 Å². The van der Waals surface area contributed by atoms with E-state index in [1.54, 1.807) is 12.1 Å². The number of nitrogens with one attached hydrogen (secondary N) is 1. The molecule has 4 heterocycles. The first-order chi connectivity index (χ1) is 17.0.